The molecule has 0 aliphatic heterocycles. The van der Waals surface area contributed by atoms with Gasteiger partial charge in [-0.05, 0) is 77.9 Å². The highest BCUT2D eigenvalue weighted by Gasteiger charge is 2.41. The molecule has 0 aliphatic carbocycles. The third-order valence-electron chi connectivity index (χ3n) is 6.50. The lowest BCUT2D eigenvalue weighted by Gasteiger charge is -2.26. The minimum Gasteiger partial charge on any atom is -0.496 e. The second-order valence-electron chi connectivity index (χ2n) is 9.42. The lowest BCUT2D eigenvalue weighted by Crippen LogP contribution is -2.27. The van der Waals surface area contributed by atoms with Gasteiger partial charge in [0.2, 0.25) is 0 Å². The fourth-order valence-corrected chi connectivity index (χ4v) is 7.15. The summed E-state index contributed by atoms with van der Waals surface area (Å²) >= 11 is 0. The van der Waals surface area contributed by atoms with Crippen LogP contribution in [0.3, 0.4) is 0 Å². The lowest BCUT2D eigenvalue weighted by molar-refractivity contribution is -0.144. The van der Waals surface area contributed by atoms with E-state index in [9.17, 15) is 52.7 Å². The lowest BCUT2D eigenvalue weighted by atomic mass is 10.0. The molecule has 0 aliphatic rings. The average molecular weight is 670 g/mol. The van der Waals surface area contributed by atoms with Crippen molar-refractivity contribution in [3.63, 3.8) is 0 Å². The van der Waals surface area contributed by atoms with Gasteiger partial charge in [0, 0.05) is 0 Å². The molecule has 4 rings (SSSR count). The average Bonchev–Trinajstić information content (AvgIpc) is 2.95. The fraction of sp³-hybridized carbons (Fsp3) is 0.200. The first-order valence-electron chi connectivity index (χ1n) is 12.4. The predicted molar refractivity (Wildman–Crippen MR) is 144 cm³/mol. The Morgan fingerprint density at radius 2 is 0.822 bits per heavy atom. The Morgan fingerprint density at radius 3 is 1.16 bits per heavy atom. The predicted octanol–water partition coefficient (Wildman–Crippen LogP) is 9.20. The van der Waals surface area contributed by atoms with Gasteiger partial charge in [0.1, 0.15) is 11.5 Å². The van der Waals surface area contributed by atoms with Crippen molar-refractivity contribution < 1.29 is 62.2 Å². The summed E-state index contributed by atoms with van der Waals surface area (Å²) in [5, 5.41) is -1.78. The van der Waals surface area contributed by atoms with Gasteiger partial charge in [-0.1, -0.05) is 30.3 Å². The molecule has 0 unspecified atom stereocenters. The smallest absolute Gasteiger partial charge is 0.416 e. The van der Waals surface area contributed by atoms with Crippen LogP contribution in [-0.4, -0.2) is 14.2 Å². The van der Waals surface area contributed by atoms with Crippen molar-refractivity contribution in [2.24, 2.45) is 0 Å². The molecule has 2 nitrogen and oxygen atoms in total. The molecule has 0 N–H and O–H groups in total. The van der Waals surface area contributed by atoms with Gasteiger partial charge in [0.25, 0.3) is 0 Å². The molecule has 0 bridgehead atoms. The van der Waals surface area contributed by atoms with Gasteiger partial charge < -0.3 is 9.47 Å². The number of ether oxygens (including phenoxy) is 2. The summed E-state index contributed by atoms with van der Waals surface area (Å²) in [6.07, 6.45) is -21.4. The summed E-state index contributed by atoms with van der Waals surface area (Å²) in [6.45, 7) is 0. The van der Waals surface area contributed by atoms with E-state index >= 15 is 0 Å². The Morgan fingerprint density at radius 1 is 0.467 bits per heavy atom. The molecule has 15 heteroatoms. The summed E-state index contributed by atoms with van der Waals surface area (Å²) in [5.74, 6) is 0.189. The maximum atomic E-state index is 13.9. The Labute approximate surface area is 249 Å². The van der Waals surface area contributed by atoms with Crippen LogP contribution in [0.4, 0.5) is 52.7 Å². The zero-order chi connectivity index (χ0) is 33.5. The molecule has 45 heavy (non-hydrogen) atoms. The molecule has 0 saturated carbocycles. The largest absolute Gasteiger partial charge is 0.496 e. The summed E-state index contributed by atoms with van der Waals surface area (Å²) in [6, 6.07) is 10.5. The van der Waals surface area contributed by atoms with Gasteiger partial charge in [0.05, 0.1) is 42.0 Å². The van der Waals surface area contributed by atoms with Crippen molar-refractivity contribution in [1.29, 1.82) is 0 Å². The second-order valence-corrected chi connectivity index (χ2v) is 11.6. The van der Waals surface area contributed by atoms with E-state index in [-0.39, 0.29) is 40.1 Å². The number of benzene rings is 4. The van der Waals surface area contributed by atoms with E-state index in [1.54, 1.807) is 0 Å². The number of halogens is 12. The van der Waals surface area contributed by atoms with Crippen molar-refractivity contribution in [3.8, 4) is 22.6 Å². The van der Waals surface area contributed by atoms with Gasteiger partial charge >= 0.3 is 24.7 Å². The summed E-state index contributed by atoms with van der Waals surface area (Å²) in [7, 11) is -0.501. The van der Waals surface area contributed by atoms with E-state index in [2.05, 4.69) is 0 Å². The highest BCUT2D eigenvalue weighted by Crippen LogP contribution is 2.46. The minimum absolute atomic E-state index is 0.0230. The van der Waals surface area contributed by atoms with Crippen LogP contribution in [0.5, 0.6) is 11.5 Å². The monoisotopic (exact) mass is 670 g/mol. The molecular weight excluding hydrogens is 651 g/mol. The third-order valence-corrected chi connectivity index (χ3v) is 8.92. The van der Waals surface area contributed by atoms with Crippen LogP contribution >= 0.6 is 7.92 Å². The van der Waals surface area contributed by atoms with Crippen LogP contribution < -0.4 is 25.4 Å². The number of hydrogen-bond donors (Lipinski definition) is 0. The molecule has 4 aromatic carbocycles. The SMILES string of the molecule is COc1cccc(OC)c1-c1ccccc1P(c1cc(C(F)(F)F)cc(C(F)(F)F)c1)c1cc(C(F)(F)F)cc(C(F)(F)F)c1. The fourth-order valence-electron chi connectivity index (χ4n) is 4.56. The Kier molecular flexibility index (Phi) is 9.14. The molecular formula is C30H19F12O2P. The Bertz CT molecular complexity index is 1530. The summed E-state index contributed by atoms with van der Waals surface area (Å²) < 4.78 is 178. The minimum atomic E-state index is -5.35. The van der Waals surface area contributed by atoms with E-state index in [0.29, 0.717) is 24.3 Å². The zero-order valence-electron chi connectivity index (χ0n) is 22.8. The standard InChI is InChI=1S/C30H19F12O2P/c1-43-23-7-5-8-24(44-2)26(23)22-6-3-4-9-25(22)45(20-12-16(27(31,32)33)10-17(13-20)28(34,35)36)21-14-18(29(37,38)39)11-19(15-21)30(40,41)42/h3-15H,1-2H3. The first-order chi connectivity index (χ1) is 20.8. The van der Waals surface area contributed by atoms with Gasteiger partial charge in [-0.15, -0.1) is 0 Å². The van der Waals surface area contributed by atoms with Crippen LogP contribution in [0.1, 0.15) is 22.3 Å². The maximum absolute atomic E-state index is 13.9. The van der Waals surface area contributed by atoms with Crippen LogP contribution in [0.25, 0.3) is 11.1 Å². The molecule has 0 aromatic heterocycles. The van der Waals surface area contributed by atoms with Gasteiger partial charge in [-0.25, -0.2) is 0 Å². The van der Waals surface area contributed by atoms with Crippen molar-refractivity contribution in [2.45, 2.75) is 24.7 Å². The van der Waals surface area contributed by atoms with Crippen LogP contribution in [-0.2, 0) is 24.7 Å². The van der Waals surface area contributed by atoms with Crippen molar-refractivity contribution in [3.05, 3.63) is 101 Å². The first-order valence-corrected chi connectivity index (χ1v) is 13.8. The van der Waals surface area contributed by atoms with Crippen LogP contribution in [0, 0.1) is 0 Å². The quantitative estimate of drug-likeness (QED) is 0.151. The number of alkyl halides is 12. The van der Waals surface area contributed by atoms with Crippen LogP contribution in [0.15, 0.2) is 78.9 Å². The molecule has 0 amide bonds. The van der Waals surface area contributed by atoms with E-state index in [0.717, 1.165) is 0 Å². The van der Waals surface area contributed by atoms with E-state index in [4.69, 9.17) is 9.47 Å². The van der Waals surface area contributed by atoms with Gasteiger partial charge in [-0.3, -0.25) is 0 Å². The second kappa shape index (κ2) is 12.1. The summed E-state index contributed by atoms with van der Waals surface area (Å²) in [4.78, 5) is 0. The molecule has 240 valence electrons. The first kappa shape index (κ1) is 34.0. The number of hydrogen-bond acceptors (Lipinski definition) is 2. The molecule has 0 heterocycles. The molecule has 0 radical (unpaired) electrons. The van der Waals surface area contributed by atoms with E-state index in [1.807, 2.05) is 0 Å². The third kappa shape index (κ3) is 7.32. The van der Waals surface area contributed by atoms with Crippen molar-refractivity contribution in [1.82, 2.24) is 0 Å². The van der Waals surface area contributed by atoms with Gasteiger partial charge in [-0.2, -0.15) is 52.7 Å². The Balaban J connectivity index is 2.21. The van der Waals surface area contributed by atoms with E-state index < -0.39 is 65.5 Å². The zero-order valence-corrected chi connectivity index (χ0v) is 23.7. The topological polar surface area (TPSA) is 18.5 Å². The molecule has 4 aromatic rings. The number of rotatable bonds is 6. The Hall–Kier alpha value is -3.93. The number of methoxy groups -OCH3 is 2. The molecule has 0 fully saturated rings. The molecule has 0 saturated heterocycles. The summed E-state index contributed by atoms with van der Waals surface area (Å²) in [5.41, 5.74) is -7.05. The van der Waals surface area contributed by atoms with Crippen LogP contribution in [0.2, 0.25) is 0 Å². The highest BCUT2D eigenvalue weighted by molar-refractivity contribution is 7.80. The highest BCUT2D eigenvalue weighted by atomic mass is 31.1. The van der Waals surface area contributed by atoms with Gasteiger partial charge in [0.15, 0.2) is 0 Å². The molecule has 0 atom stereocenters. The maximum Gasteiger partial charge on any atom is 0.416 e. The van der Waals surface area contributed by atoms with Crippen molar-refractivity contribution in [2.75, 3.05) is 14.2 Å². The van der Waals surface area contributed by atoms with Crippen molar-refractivity contribution >= 4 is 23.8 Å². The van der Waals surface area contributed by atoms with E-state index in [1.165, 1.54) is 56.7 Å². The molecule has 0 spiro atoms. The normalized spacial score (nSPS) is 12.9.